The van der Waals surface area contributed by atoms with Gasteiger partial charge in [-0.2, -0.15) is 0 Å². The molecule has 0 aliphatic carbocycles. The lowest BCUT2D eigenvalue weighted by atomic mass is 10.2. The number of thiocarbonyl (C=S) groups is 1. The third kappa shape index (κ3) is 4.32. The van der Waals surface area contributed by atoms with Crippen LogP contribution in [0.25, 0.3) is 17.4 Å². The van der Waals surface area contributed by atoms with E-state index in [0.29, 0.717) is 43.9 Å². The Labute approximate surface area is 171 Å². The molecule has 1 saturated heterocycles. The van der Waals surface area contributed by atoms with Crippen molar-refractivity contribution in [1.82, 2.24) is 4.90 Å². The maximum atomic E-state index is 12.5. The van der Waals surface area contributed by atoms with Crippen molar-refractivity contribution < 1.29 is 13.9 Å². The molecule has 136 valence electrons. The van der Waals surface area contributed by atoms with Crippen LogP contribution >= 0.6 is 47.2 Å². The highest BCUT2D eigenvalue weighted by atomic mass is 35.5. The quantitative estimate of drug-likeness (QED) is 0.346. The number of benzene rings is 1. The van der Waals surface area contributed by atoms with Crippen molar-refractivity contribution in [2.24, 2.45) is 0 Å². The van der Waals surface area contributed by atoms with Crippen LogP contribution in [0.2, 0.25) is 10.0 Å². The SMILES string of the molecule is COCCCN1C(=O)/C(=C/c2ccc(-c3ccc(Cl)cc3Cl)o2)SC1=S. The van der Waals surface area contributed by atoms with Crippen LogP contribution < -0.4 is 0 Å². The Morgan fingerprint density at radius 1 is 1.31 bits per heavy atom. The van der Waals surface area contributed by atoms with Crippen LogP contribution in [-0.2, 0) is 9.53 Å². The summed E-state index contributed by atoms with van der Waals surface area (Å²) in [5, 5.41) is 1.06. The molecule has 1 aliphatic heterocycles. The fraction of sp³-hybridized carbons (Fsp3) is 0.222. The van der Waals surface area contributed by atoms with E-state index in [1.54, 1.807) is 48.4 Å². The molecular formula is C18H15Cl2NO3S2. The maximum absolute atomic E-state index is 12.5. The number of hydrogen-bond acceptors (Lipinski definition) is 5. The molecule has 2 aromatic rings. The zero-order chi connectivity index (χ0) is 18.7. The van der Waals surface area contributed by atoms with E-state index in [0.717, 1.165) is 12.0 Å². The van der Waals surface area contributed by atoms with Crippen LogP contribution in [0.5, 0.6) is 0 Å². The molecular weight excluding hydrogens is 413 g/mol. The standard InChI is InChI=1S/C18H15Cl2NO3S2/c1-23-8-2-7-21-17(22)16(26-18(21)25)10-12-4-6-15(24-12)13-5-3-11(19)9-14(13)20/h3-6,9-10H,2,7-8H2,1H3/b16-10-. The van der Waals surface area contributed by atoms with Crippen LogP contribution in [-0.4, -0.2) is 35.4 Å². The molecule has 0 atom stereocenters. The van der Waals surface area contributed by atoms with E-state index in [4.69, 9.17) is 44.6 Å². The van der Waals surface area contributed by atoms with Gasteiger partial charge < -0.3 is 9.15 Å². The summed E-state index contributed by atoms with van der Waals surface area (Å²) in [6, 6.07) is 8.79. The van der Waals surface area contributed by atoms with Gasteiger partial charge in [0.05, 0.1) is 9.93 Å². The second kappa shape index (κ2) is 8.59. The molecule has 1 aliphatic rings. The van der Waals surface area contributed by atoms with E-state index in [-0.39, 0.29) is 5.91 Å². The highest BCUT2D eigenvalue weighted by molar-refractivity contribution is 8.26. The molecule has 1 aromatic heterocycles. The van der Waals surface area contributed by atoms with Crippen molar-refractivity contribution in [3.05, 3.63) is 51.0 Å². The second-order valence-corrected chi connectivity index (χ2v) is 8.03. The minimum atomic E-state index is -0.112. The van der Waals surface area contributed by atoms with E-state index in [9.17, 15) is 4.79 Å². The number of thioether (sulfide) groups is 1. The lowest BCUT2D eigenvalue weighted by Crippen LogP contribution is -2.29. The molecule has 0 spiro atoms. The van der Waals surface area contributed by atoms with Crippen LogP contribution in [0.3, 0.4) is 0 Å². The van der Waals surface area contributed by atoms with Crippen LogP contribution in [0, 0.1) is 0 Å². The molecule has 1 amide bonds. The number of carbonyl (C=O) groups excluding carboxylic acids is 1. The number of nitrogens with zero attached hydrogens (tertiary/aromatic N) is 1. The van der Waals surface area contributed by atoms with Crippen LogP contribution in [0.1, 0.15) is 12.2 Å². The van der Waals surface area contributed by atoms with Gasteiger partial charge in [-0.1, -0.05) is 47.2 Å². The summed E-state index contributed by atoms with van der Waals surface area (Å²) in [5.41, 5.74) is 0.739. The Morgan fingerprint density at radius 2 is 2.12 bits per heavy atom. The Hall–Kier alpha value is -1.31. The highest BCUT2D eigenvalue weighted by Gasteiger charge is 2.31. The van der Waals surface area contributed by atoms with Crippen molar-refractivity contribution in [3.63, 3.8) is 0 Å². The predicted molar refractivity (Wildman–Crippen MR) is 111 cm³/mol. The molecule has 2 heterocycles. The number of methoxy groups -OCH3 is 1. The Morgan fingerprint density at radius 3 is 2.85 bits per heavy atom. The molecule has 0 saturated carbocycles. The Balaban J connectivity index is 1.78. The highest BCUT2D eigenvalue weighted by Crippen LogP contribution is 2.35. The van der Waals surface area contributed by atoms with Gasteiger partial charge in [0.1, 0.15) is 15.8 Å². The maximum Gasteiger partial charge on any atom is 0.266 e. The van der Waals surface area contributed by atoms with Gasteiger partial charge in [-0.05, 0) is 36.8 Å². The van der Waals surface area contributed by atoms with E-state index >= 15 is 0 Å². The summed E-state index contributed by atoms with van der Waals surface area (Å²) in [6.45, 7) is 1.12. The first-order valence-corrected chi connectivity index (χ1v) is 9.77. The lowest BCUT2D eigenvalue weighted by Gasteiger charge is -2.13. The van der Waals surface area contributed by atoms with Crippen molar-refractivity contribution in [3.8, 4) is 11.3 Å². The largest absolute Gasteiger partial charge is 0.457 e. The number of hydrogen-bond donors (Lipinski definition) is 0. The normalized spacial score (nSPS) is 16.1. The number of furan rings is 1. The first kappa shape index (κ1) is 19.5. The second-order valence-electron chi connectivity index (χ2n) is 5.51. The number of amides is 1. The van der Waals surface area contributed by atoms with Gasteiger partial charge in [0, 0.05) is 36.9 Å². The number of rotatable bonds is 6. The number of ether oxygens (including phenoxy) is 1. The zero-order valence-electron chi connectivity index (χ0n) is 13.8. The van der Waals surface area contributed by atoms with Gasteiger partial charge in [-0.25, -0.2) is 0 Å². The predicted octanol–water partition coefficient (Wildman–Crippen LogP) is 5.49. The van der Waals surface area contributed by atoms with Crippen molar-refractivity contribution in [2.45, 2.75) is 6.42 Å². The fourth-order valence-corrected chi connectivity index (χ4v) is 4.24. The van der Waals surface area contributed by atoms with Gasteiger partial charge in [-0.15, -0.1) is 0 Å². The van der Waals surface area contributed by atoms with E-state index in [1.165, 1.54) is 11.8 Å². The summed E-state index contributed by atoms with van der Waals surface area (Å²) in [6.07, 6.45) is 2.43. The summed E-state index contributed by atoms with van der Waals surface area (Å²) in [7, 11) is 1.63. The first-order valence-electron chi connectivity index (χ1n) is 7.79. The average Bonchev–Trinajstić information content (AvgIpc) is 3.15. The van der Waals surface area contributed by atoms with Gasteiger partial charge in [0.25, 0.3) is 5.91 Å². The summed E-state index contributed by atoms with van der Waals surface area (Å²) < 4.78 is 11.4. The van der Waals surface area contributed by atoms with Gasteiger partial charge in [0.2, 0.25) is 0 Å². The molecule has 3 rings (SSSR count). The van der Waals surface area contributed by atoms with Crippen molar-refractivity contribution in [2.75, 3.05) is 20.3 Å². The van der Waals surface area contributed by atoms with Gasteiger partial charge in [0.15, 0.2) is 0 Å². The van der Waals surface area contributed by atoms with E-state index in [1.807, 2.05) is 0 Å². The lowest BCUT2D eigenvalue weighted by molar-refractivity contribution is -0.122. The molecule has 1 fully saturated rings. The van der Waals surface area contributed by atoms with Crippen molar-refractivity contribution in [1.29, 1.82) is 0 Å². The van der Waals surface area contributed by atoms with Crippen molar-refractivity contribution >= 4 is 63.5 Å². The summed E-state index contributed by atoms with van der Waals surface area (Å²) in [4.78, 5) is 14.6. The minimum absolute atomic E-state index is 0.112. The molecule has 0 radical (unpaired) electrons. The Kier molecular flexibility index (Phi) is 6.42. The van der Waals surface area contributed by atoms with Gasteiger partial charge >= 0.3 is 0 Å². The fourth-order valence-electron chi connectivity index (χ4n) is 2.45. The van der Waals surface area contributed by atoms with Crippen LogP contribution in [0.4, 0.5) is 0 Å². The average molecular weight is 428 g/mol. The zero-order valence-corrected chi connectivity index (χ0v) is 17.0. The van der Waals surface area contributed by atoms with Crippen LogP contribution in [0.15, 0.2) is 39.7 Å². The third-order valence-corrected chi connectivity index (χ3v) is 5.63. The molecule has 0 bridgehead atoms. The number of carbonyl (C=O) groups is 1. The van der Waals surface area contributed by atoms with Gasteiger partial charge in [-0.3, -0.25) is 9.69 Å². The number of halogens is 2. The minimum Gasteiger partial charge on any atom is -0.457 e. The van der Waals surface area contributed by atoms with E-state index < -0.39 is 0 Å². The molecule has 26 heavy (non-hydrogen) atoms. The molecule has 0 unspecified atom stereocenters. The summed E-state index contributed by atoms with van der Waals surface area (Å²) in [5.74, 6) is 1.05. The monoisotopic (exact) mass is 427 g/mol. The molecule has 1 aromatic carbocycles. The molecule has 4 nitrogen and oxygen atoms in total. The van der Waals surface area contributed by atoms with E-state index in [2.05, 4.69) is 0 Å². The Bertz CT molecular complexity index is 879. The smallest absolute Gasteiger partial charge is 0.266 e. The molecule has 0 N–H and O–H groups in total. The summed E-state index contributed by atoms with van der Waals surface area (Å²) >= 11 is 18.7. The first-order chi connectivity index (χ1) is 12.5. The topological polar surface area (TPSA) is 42.7 Å². The molecule has 8 heteroatoms. The third-order valence-electron chi connectivity index (χ3n) is 3.70.